The molecule has 1 amide bonds. The molecule has 0 fully saturated rings. The maximum atomic E-state index is 12.1. The minimum absolute atomic E-state index is 0.109. The third kappa shape index (κ3) is 6.74. The van der Waals surface area contributed by atoms with Gasteiger partial charge in [0.1, 0.15) is 17.2 Å². The van der Waals surface area contributed by atoms with Crippen molar-refractivity contribution in [1.29, 1.82) is 0 Å². The third-order valence-corrected chi connectivity index (χ3v) is 6.89. The van der Waals surface area contributed by atoms with Crippen LogP contribution in [0.15, 0.2) is 91.1 Å². The number of carbonyl (C=O) groups excluding carboxylic acids is 1. The lowest BCUT2D eigenvalue weighted by atomic mass is 9.99. The maximum Gasteiger partial charge on any atom is 0.251 e. The van der Waals surface area contributed by atoms with Gasteiger partial charge >= 0.3 is 0 Å². The van der Waals surface area contributed by atoms with Crippen molar-refractivity contribution < 1.29 is 14.3 Å². The second kappa shape index (κ2) is 12.9. The van der Waals surface area contributed by atoms with E-state index in [2.05, 4.69) is 54.5 Å². The quantitative estimate of drug-likeness (QED) is 0.235. The fourth-order valence-corrected chi connectivity index (χ4v) is 4.51. The molecule has 1 atom stereocenters. The SMILES string of the molecule is CCC(C)Cc1ccccc1.CNC(=O)c1cccc2cc(Oc3ccnc4cc(C)c(OC)cc34)ccc12. The lowest BCUT2D eigenvalue weighted by Gasteiger charge is -2.12. The predicted molar refractivity (Wildman–Crippen MR) is 160 cm³/mol. The molecule has 0 radical (unpaired) electrons. The molecule has 0 saturated heterocycles. The first-order valence-electron chi connectivity index (χ1n) is 13.3. The zero-order valence-electron chi connectivity index (χ0n) is 23.3. The molecule has 200 valence electrons. The van der Waals surface area contributed by atoms with Gasteiger partial charge in [0.15, 0.2) is 0 Å². The number of hydrogen-bond donors (Lipinski definition) is 1. The molecule has 5 nitrogen and oxygen atoms in total. The van der Waals surface area contributed by atoms with Crippen LogP contribution in [0.3, 0.4) is 0 Å². The molecule has 5 rings (SSSR count). The number of nitrogens with zero attached hydrogens (tertiary/aromatic N) is 1. The van der Waals surface area contributed by atoms with Crippen LogP contribution in [-0.4, -0.2) is 25.0 Å². The number of methoxy groups -OCH3 is 1. The van der Waals surface area contributed by atoms with Crippen molar-refractivity contribution in [2.24, 2.45) is 5.92 Å². The zero-order valence-corrected chi connectivity index (χ0v) is 23.3. The second-order valence-corrected chi connectivity index (χ2v) is 9.72. The summed E-state index contributed by atoms with van der Waals surface area (Å²) >= 11 is 0. The monoisotopic (exact) mass is 520 g/mol. The average Bonchev–Trinajstić information content (AvgIpc) is 2.97. The molecule has 1 aromatic heterocycles. The zero-order chi connectivity index (χ0) is 27.8. The van der Waals surface area contributed by atoms with E-state index in [4.69, 9.17) is 9.47 Å². The fraction of sp³-hybridized carbons (Fsp3) is 0.235. The summed E-state index contributed by atoms with van der Waals surface area (Å²) < 4.78 is 11.6. The number of ether oxygens (including phenoxy) is 2. The molecule has 4 aromatic carbocycles. The number of hydrogen-bond acceptors (Lipinski definition) is 4. The average molecular weight is 521 g/mol. The Morgan fingerprint density at radius 1 is 0.923 bits per heavy atom. The topological polar surface area (TPSA) is 60.5 Å². The van der Waals surface area contributed by atoms with Gasteiger partial charge in [0.2, 0.25) is 0 Å². The molecule has 0 spiro atoms. The Labute approximate surface area is 230 Å². The number of aromatic nitrogens is 1. The number of carbonyl (C=O) groups is 1. The van der Waals surface area contributed by atoms with E-state index >= 15 is 0 Å². The van der Waals surface area contributed by atoms with Gasteiger partial charge in [0.05, 0.1) is 12.6 Å². The van der Waals surface area contributed by atoms with E-state index in [0.717, 1.165) is 38.9 Å². The number of nitrogens with one attached hydrogen (secondary N) is 1. The van der Waals surface area contributed by atoms with E-state index in [9.17, 15) is 4.79 Å². The molecular weight excluding hydrogens is 484 g/mol. The number of aryl methyl sites for hydroxylation is 1. The highest BCUT2D eigenvalue weighted by Gasteiger charge is 2.11. The Bertz CT molecular complexity index is 1560. The third-order valence-electron chi connectivity index (χ3n) is 6.89. The van der Waals surface area contributed by atoms with Gasteiger partial charge in [-0.05, 0) is 83.6 Å². The van der Waals surface area contributed by atoms with Gasteiger partial charge < -0.3 is 14.8 Å². The van der Waals surface area contributed by atoms with Crippen LogP contribution in [0.2, 0.25) is 0 Å². The molecule has 1 unspecified atom stereocenters. The summed E-state index contributed by atoms with van der Waals surface area (Å²) in [5.74, 6) is 2.89. The smallest absolute Gasteiger partial charge is 0.251 e. The molecule has 0 aliphatic carbocycles. The van der Waals surface area contributed by atoms with E-state index in [1.165, 1.54) is 18.4 Å². The molecular formula is C34H36N2O3. The van der Waals surface area contributed by atoms with Gasteiger partial charge in [-0.3, -0.25) is 9.78 Å². The van der Waals surface area contributed by atoms with Crippen molar-refractivity contribution in [3.63, 3.8) is 0 Å². The summed E-state index contributed by atoms with van der Waals surface area (Å²) in [6.45, 7) is 6.53. The molecule has 0 saturated carbocycles. The van der Waals surface area contributed by atoms with Crippen molar-refractivity contribution in [2.45, 2.75) is 33.6 Å². The lowest BCUT2D eigenvalue weighted by Crippen LogP contribution is -2.17. The molecule has 5 heteroatoms. The van der Waals surface area contributed by atoms with Crippen LogP contribution in [0.1, 0.15) is 41.8 Å². The normalized spacial score (nSPS) is 11.4. The molecule has 0 bridgehead atoms. The van der Waals surface area contributed by atoms with Crippen molar-refractivity contribution in [2.75, 3.05) is 14.2 Å². The Hall–Kier alpha value is -4.38. The van der Waals surface area contributed by atoms with E-state index in [1.54, 1.807) is 20.4 Å². The number of rotatable bonds is 7. The Balaban J connectivity index is 0.000000270. The van der Waals surface area contributed by atoms with Gasteiger partial charge in [-0.15, -0.1) is 0 Å². The highest BCUT2D eigenvalue weighted by Crippen LogP contribution is 2.34. The number of benzene rings is 4. The van der Waals surface area contributed by atoms with Crippen LogP contribution < -0.4 is 14.8 Å². The standard InChI is InChI=1S/C23H20N2O3.C11H16/c1-14-11-20-19(13-22(14)27-3)21(9-10-25-20)28-16-7-8-17-15(12-16)5-4-6-18(17)23(26)24-2;1-3-10(2)9-11-7-5-4-6-8-11/h4-13H,1-3H3,(H,24,26);4-8,10H,3,9H2,1-2H3. The van der Waals surface area contributed by atoms with Crippen molar-refractivity contribution in [3.05, 3.63) is 108 Å². The van der Waals surface area contributed by atoms with Gasteiger partial charge in [0.25, 0.3) is 5.91 Å². The highest BCUT2D eigenvalue weighted by atomic mass is 16.5. The molecule has 5 aromatic rings. The summed E-state index contributed by atoms with van der Waals surface area (Å²) in [5.41, 5.74) is 3.97. The van der Waals surface area contributed by atoms with E-state index in [0.29, 0.717) is 17.1 Å². The van der Waals surface area contributed by atoms with Crippen LogP contribution >= 0.6 is 0 Å². The minimum atomic E-state index is -0.109. The lowest BCUT2D eigenvalue weighted by molar-refractivity contribution is 0.0964. The van der Waals surface area contributed by atoms with E-state index in [-0.39, 0.29) is 5.91 Å². The Morgan fingerprint density at radius 2 is 1.72 bits per heavy atom. The summed E-state index contributed by atoms with van der Waals surface area (Å²) in [5, 5.41) is 5.37. The first-order chi connectivity index (χ1) is 18.9. The summed E-state index contributed by atoms with van der Waals surface area (Å²) in [7, 11) is 3.28. The summed E-state index contributed by atoms with van der Waals surface area (Å²) in [6.07, 6.45) is 4.22. The first kappa shape index (κ1) is 27.6. The van der Waals surface area contributed by atoms with E-state index in [1.807, 2.05) is 61.5 Å². The Kier molecular flexibility index (Phi) is 9.16. The van der Waals surface area contributed by atoms with Gasteiger partial charge in [-0.1, -0.05) is 62.7 Å². The van der Waals surface area contributed by atoms with Gasteiger partial charge in [-0.25, -0.2) is 0 Å². The second-order valence-electron chi connectivity index (χ2n) is 9.72. The van der Waals surface area contributed by atoms with Crippen LogP contribution in [-0.2, 0) is 6.42 Å². The molecule has 39 heavy (non-hydrogen) atoms. The van der Waals surface area contributed by atoms with Gasteiger partial charge in [-0.2, -0.15) is 0 Å². The van der Waals surface area contributed by atoms with Gasteiger partial charge in [0, 0.05) is 24.2 Å². The summed E-state index contributed by atoms with van der Waals surface area (Å²) in [4.78, 5) is 16.5. The molecule has 0 aliphatic rings. The van der Waals surface area contributed by atoms with Crippen molar-refractivity contribution in [3.8, 4) is 17.2 Å². The maximum absolute atomic E-state index is 12.1. The minimum Gasteiger partial charge on any atom is -0.496 e. The molecule has 0 aliphatic heterocycles. The fourth-order valence-electron chi connectivity index (χ4n) is 4.51. The van der Waals surface area contributed by atoms with Crippen LogP contribution in [0.4, 0.5) is 0 Å². The molecule has 1 N–H and O–H groups in total. The number of fused-ring (bicyclic) bond motifs is 2. The Morgan fingerprint density at radius 3 is 2.44 bits per heavy atom. The van der Waals surface area contributed by atoms with Crippen molar-refractivity contribution >= 4 is 27.6 Å². The number of pyridine rings is 1. The van der Waals surface area contributed by atoms with E-state index < -0.39 is 0 Å². The van der Waals surface area contributed by atoms with Crippen LogP contribution in [0.5, 0.6) is 17.2 Å². The van der Waals surface area contributed by atoms with Crippen LogP contribution in [0.25, 0.3) is 21.7 Å². The predicted octanol–water partition coefficient (Wildman–Crippen LogP) is 8.13. The van der Waals surface area contributed by atoms with Crippen molar-refractivity contribution in [1.82, 2.24) is 10.3 Å². The largest absolute Gasteiger partial charge is 0.496 e. The number of amides is 1. The summed E-state index contributed by atoms with van der Waals surface area (Å²) in [6, 6.07) is 27.8. The van der Waals surface area contributed by atoms with Crippen LogP contribution in [0, 0.1) is 12.8 Å². The first-order valence-corrected chi connectivity index (χ1v) is 13.3. The highest BCUT2D eigenvalue weighted by molar-refractivity contribution is 6.07. The molecule has 1 heterocycles.